The van der Waals surface area contributed by atoms with Crippen molar-refractivity contribution in [2.75, 3.05) is 6.54 Å². The molecule has 0 radical (unpaired) electrons. The molecular formula is C10H12N4. The van der Waals surface area contributed by atoms with Crippen molar-refractivity contribution in [3.05, 3.63) is 46.1 Å². The van der Waals surface area contributed by atoms with Gasteiger partial charge in [0.15, 0.2) is 0 Å². The Balaban J connectivity index is 2.51. The van der Waals surface area contributed by atoms with Crippen molar-refractivity contribution in [3.8, 4) is 0 Å². The Morgan fingerprint density at radius 2 is 2.50 bits per heavy atom. The Morgan fingerprint density at radius 1 is 1.64 bits per heavy atom. The zero-order chi connectivity index (χ0) is 10.2. The van der Waals surface area contributed by atoms with Crippen molar-refractivity contribution in [3.63, 3.8) is 0 Å². The molecule has 72 valence electrons. The summed E-state index contributed by atoms with van der Waals surface area (Å²) >= 11 is 0. The molecule has 0 aliphatic heterocycles. The molecule has 0 aromatic carbocycles. The summed E-state index contributed by atoms with van der Waals surface area (Å²) in [5, 5.41) is 3.44. The van der Waals surface area contributed by atoms with Crippen LogP contribution in [0, 0.1) is 6.92 Å². The fraction of sp³-hybridized carbons (Fsp3) is 0.300. The maximum atomic E-state index is 8.05. The van der Waals surface area contributed by atoms with Crippen molar-refractivity contribution in [1.82, 2.24) is 4.98 Å². The SMILES string of the molecule is Cc1ncccc1C=CCCN=[N+]=[N-]. The van der Waals surface area contributed by atoms with Gasteiger partial charge in [0.2, 0.25) is 0 Å². The smallest absolute Gasteiger partial charge is 0.0444 e. The molecule has 0 spiro atoms. The molecule has 4 nitrogen and oxygen atoms in total. The molecule has 0 unspecified atom stereocenters. The van der Waals surface area contributed by atoms with E-state index in [1.54, 1.807) is 6.20 Å². The molecule has 1 heterocycles. The van der Waals surface area contributed by atoms with Crippen LogP contribution in [0.4, 0.5) is 0 Å². The molecule has 0 aliphatic carbocycles. The van der Waals surface area contributed by atoms with E-state index in [-0.39, 0.29) is 0 Å². The topological polar surface area (TPSA) is 61.7 Å². The maximum Gasteiger partial charge on any atom is 0.0444 e. The molecule has 0 bridgehead atoms. The van der Waals surface area contributed by atoms with Gasteiger partial charge in [-0.15, -0.1) is 0 Å². The molecule has 1 aromatic rings. The van der Waals surface area contributed by atoms with E-state index >= 15 is 0 Å². The Bertz CT molecular complexity index is 364. The van der Waals surface area contributed by atoms with Gasteiger partial charge in [0, 0.05) is 23.3 Å². The Kier molecular flexibility index (Phi) is 4.24. The van der Waals surface area contributed by atoms with Crippen molar-refractivity contribution in [1.29, 1.82) is 0 Å². The van der Waals surface area contributed by atoms with Gasteiger partial charge in [0.25, 0.3) is 0 Å². The zero-order valence-electron chi connectivity index (χ0n) is 8.09. The summed E-state index contributed by atoms with van der Waals surface area (Å²) in [6.07, 6.45) is 6.51. The van der Waals surface area contributed by atoms with Crippen LogP contribution in [0.3, 0.4) is 0 Å². The van der Waals surface area contributed by atoms with E-state index in [1.807, 2.05) is 31.2 Å². The van der Waals surface area contributed by atoms with Gasteiger partial charge in [-0.2, -0.15) is 0 Å². The fourth-order valence-corrected chi connectivity index (χ4v) is 1.06. The first-order chi connectivity index (χ1) is 6.84. The lowest BCUT2D eigenvalue weighted by molar-refractivity contribution is 0.995. The Hall–Kier alpha value is -1.80. The van der Waals surface area contributed by atoms with E-state index in [0.29, 0.717) is 6.54 Å². The van der Waals surface area contributed by atoms with Crippen LogP contribution in [0.2, 0.25) is 0 Å². The summed E-state index contributed by atoms with van der Waals surface area (Å²) in [5.41, 5.74) is 10.2. The van der Waals surface area contributed by atoms with Gasteiger partial charge in [0.1, 0.15) is 0 Å². The lowest BCUT2D eigenvalue weighted by Crippen LogP contribution is -1.83. The van der Waals surface area contributed by atoms with E-state index in [2.05, 4.69) is 15.0 Å². The lowest BCUT2D eigenvalue weighted by Gasteiger charge is -1.96. The van der Waals surface area contributed by atoms with Gasteiger partial charge in [0.05, 0.1) is 0 Å². The Morgan fingerprint density at radius 3 is 3.21 bits per heavy atom. The number of aryl methyl sites for hydroxylation is 1. The van der Waals surface area contributed by atoms with Gasteiger partial charge in [-0.25, -0.2) is 0 Å². The number of rotatable bonds is 4. The highest BCUT2D eigenvalue weighted by atomic mass is 15.1. The molecule has 14 heavy (non-hydrogen) atoms. The standard InChI is InChI=1S/C10H12N4/c1-9-10(6-4-7-12-9)5-2-3-8-13-14-11/h2,4-7H,3,8H2,1H3. The Labute approximate surface area is 82.9 Å². The fourth-order valence-electron chi connectivity index (χ4n) is 1.06. The first-order valence-electron chi connectivity index (χ1n) is 4.43. The average molecular weight is 188 g/mol. The molecule has 0 N–H and O–H groups in total. The van der Waals surface area contributed by atoms with Crippen molar-refractivity contribution in [2.24, 2.45) is 5.11 Å². The second kappa shape index (κ2) is 5.78. The average Bonchev–Trinajstić information content (AvgIpc) is 2.20. The first kappa shape index (κ1) is 10.3. The predicted molar refractivity (Wildman–Crippen MR) is 56.6 cm³/mol. The third-order valence-corrected chi connectivity index (χ3v) is 1.80. The normalized spacial score (nSPS) is 10.1. The molecule has 4 heteroatoms. The molecule has 0 saturated carbocycles. The third kappa shape index (κ3) is 3.29. The summed E-state index contributed by atoms with van der Waals surface area (Å²) in [4.78, 5) is 6.84. The molecule has 0 saturated heterocycles. The quantitative estimate of drug-likeness (QED) is 0.310. The second-order valence-electron chi connectivity index (χ2n) is 2.82. The largest absolute Gasteiger partial charge is 0.261 e. The molecule has 0 amide bonds. The summed E-state index contributed by atoms with van der Waals surface area (Å²) in [5.74, 6) is 0. The summed E-state index contributed by atoms with van der Waals surface area (Å²) < 4.78 is 0. The van der Waals surface area contributed by atoms with E-state index in [9.17, 15) is 0 Å². The second-order valence-corrected chi connectivity index (χ2v) is 2.82. The van der Waals surface area contributed by atoms with Crippen LogP contribution in [0.25, 0.3) is 16.5 Å². The van der Waals surface area contributed by atoms with Gasteiger partial charge in [-0.3, -0.25) is 4.98 Å². The minimum Gasteiger partial charge on any atom is -0.261 e. The molecule has 0 aliphatic rings. The molecule has 0 fully saturated rings. The van der Waals surface area contributed by atoms with Crippen LogP contribution in [0.1, 0.15) is 17.7 Å². The van der Waals surface area contributed by atoms with Gasteiger partial charge >= 0.3 is 0 Å². The van der Waals surface area contributed by atoms with Gasteiger partial charge in [-0.05, 0) is 30.5 Å². The maximum absolute atomic E-state index is 8.05. The van der Waals surface area contributed by atoms with Crippen molar-refractivity contribution >= 4 is 6.08 Å². The van der Waals surface area contributed by atoms with E-state index in [1.165, 1.54) is 0 Å². The minimum absolute atomic E-state index is 0.506. The van der Waals surface area contributed by atoms with Crippen LogP contribution < -0.4 is 0 Å². The van der Waals surface area contributed by atoms with Crippen LogP contribution >= 0.6 is 0 Å². The first-order valence-corrected chi connectivity index (χ1v) is 4.43. The van der Waals surface area contributed by atoms with E-state index in [0.717, 1.165) is 17.7 Å². The van der Waals surface area contributed by atoms with Crippen LogP contribution in [0.5, 0.6) is 0 Å². The number of nitrogens with zero attached hydrogens (tertiary/aromatic N) is 4. The number of hydrogen-bond acceptors (Lipinski definition) is 2. The van der Waals surface area contributed by atoms with Crippen LogP contribution in [0.15, 0.2) is 29.5 Å². The van der Waals surface area contributed by atoms with Gasteiger partial charge < -0.3 is 0 Å². The highest BCUT2D eigenvalue weighted by molar-refractivity contribution is 5.50. The third-order valence-electron chi connectivity index (χ3n) is 1.80. The summed E-state index contributed by atoms with van der Waals surface area (Å²) in [6, 6.07) is 3.91. The van der Waals surface area contributed by atoms with Gasteiger partial charge in [-0.1, -0.05) is 23.3 Å². The number of pyridine rings is 1. The molecule has 0 atom stereocenters. The number of azide groups is 1. The minimum atomic E-state index is 0.506. The molecule has 1 rings (SSSR count). The number of hydrogen-bond donors (Lipinski definition) is 0. The highest BCUT2D eigenvalue weighted by Gasteiger charge is 1.90. The van der Waals surface area contributed by atoms with Crippen molar-refractivity contribution < 1.29 is 0 Å². The summed E-state index contributed by atoms with van der Waals surface area (Å²) in [7, 11) is 0. The van der Waals surface area contributed by atoms with Crippen LogP contribution in [-0.4, -0.2) is 11.5 Å². The highest BCUT2D eigenvalue weighted by Crippen LogP contribution is 2.06. The molecular weight excluding hydrogens is 176 g/mol. The molecule has 1 aromatic heterocycles. The predicted octanol–water partition coefficient (Wildman–Crippen LogP) is 3.10. The van der Waals surface area contributed by atoms with Crippen LogP contribution in [-0.2, 0) is 0 Å². The van der Waals surface area contributed by atoms with E-state index in [4.69, 9.17) is 5.53 Å². The monoisotopic (exact) mass is 188 g/mol. The lowest BCUT2D eigenvalue weighted by atomic mass is 10.2. The van der Waals surface area contributed by atoms with E-state index < -0.39 is 0 Å². The summed E-state index contributed by atoms with van der Waals surface area (Å²) in [6.45, 7) is 2.47. The number of aromatic nitrogens is 1. The van der Waals surface area contributed by atoms with Crippen molar-refractivity contribution in [2.45, 2.75) is 13.3 Å². The zero-order valence-corrected chi connectivity index (χ0v) is 8.09.